The van der Waals surface area contributed by atoms with Gasteiger partial charge in [0.1, 0.15) is 12.7 Å². The molecular formula is C13H22O3. The molecule has 0 aromatic heterocycles. The zero-order chi connectivity index (χ0) is 11.6. The average molecular weight is 226 g/mol. The van der Waals surface area contributed by atoms with Gasteiger partial charge in [-0.05, 0) is 25.7 Å². The van der Waals surface area contributed by atoms with E-state index in [1.165, 1.54) is 0 Å². The third kappa shape index (κ3) is 7.46. The predicted molar refractivity (Wildman–Crippen MR) is 63.2 cm³/mol. The first-order valence-electron chi connectivity index (χ1n) is 6.25. The molecule has 0 aromatic rings. The highest BCUT2D eigenvalue weighted by atomic mass is 16.6. The lowest BCUT2D eigenvalue weighted by molar-refractivity contribution is -0.144. The highest BCUT2D eigenvalue weighted by Gasteiger charge is 2.23. The molecule has 0 amide bonds. The van der Waals surface area contributed by atoms with Crippen LogP contribution in [0.4, 0.5) is 0 Å². The highest BCUT2D eigenvalue weighted by Crippen LogP contribution is 2.10. The molecule has 1 aliphatic heterocycles. The van der Waals surface area contributed by atoms with Crippen molar-refractivity contribution in [2.75, 3.05) is 13.2 Å². The molecule has 0 aliphatic carbocycles. The minimum Gasteiger partial charge on any atom is -0.463 e. The van der Waals surface area contributed by atoms with Gasteiger partial charge in [0.15, 0.2) is 0 Å². The van der Waals surface area contributed by atoms with Crippen LogP contribution in [-0.4, -0.2) is 25.3 Å². The number of epoxide rings is 1. The van der Waals surface area contributed by atoms with Gasteiger partial charge in [0.25, 0.3) is 0 Å². The molecular weight excluding hydrogens is 204 g/mol. The maximum absolute atomic E-state index is 11.2. The van der Waals surface area contributed by atoms with Crippen molar-refractivity contribution in [1.29, 1.82) is 0 Å². The van der Waals surface area contributed by atoms with E-state index in [1.54, 1.807) is 0 Å². The molecule has 1 heterocycles. The highest BCUT2D eigenvalue weighted by molar-refractivity contribution is 5.69. The molecule has 16 heavy (non-hydrogen) atoms. The summed E-state index contributed by atoms with van der Waals surface area (Å²) in [7, 11) is 0. The van der Waals surface area contributed by atoms with E-state index in [9.17, 15) is 4.79 Å². The van der Waals surface area contributed by atoms with Crippen molar-refractivity contribution in [3.05, 3.63) is 12.2 Å². The Morgan fingerprint density at radius 1 is 1.38 bits per heavy atom. The van der Waals surface area contributed by atoms with Crippen molar-refractivity contribution in [1.82, 2.24) is 0 Å². The van der Waals surface area contributed by atoms with Gasteiger partial charge in [-0.1, -0.05) is 25.5 Å². The van der Waals surface area contributed by atoms with Gasteiger partial charge in [-0.25, -0.2) is 0 Å². The van der Waals surface area contributed by atoms with Crippen LogP contribution in [-0.2, 0) is 14.3 Å². The number of ether oxygens (including phenoxy) is 2. The van der Waals surface area contributed by atoms with Gasteiger partial charge in [-0.3, -0.25) is 4.79 Å². The molecule has 0 aromatic carbocycles. The Labute approximate surface area is 97.8 Å². The summed E-state index contributed by atoms with van der Waals surface area (Å²) in [4.78, 5) is 11.2. The van der Waals surface area contributed by atoms with Crippen LogP contribution in [0.3, 0.4) is 0 Å². The summed E-state index contributed by atoms with van der Waals surface area (Å²) in [6.45, 7) is 3.32. The van der Waals surface area contributed by atoms with Gasteiger partial charge >= 0.3 is 5.97 Å². The lowest BCUT2D eigenvalue weighted by Crippen LogP contribution is -2.09. The van der Waals surface area contributed by atoms with Gasteiger partial charge in [-0.2, -0.15) is 0 Å². The molecule has 1 saturated heterocycles. The smallest absolute Gasteiger partial charge is 0.305 e. The summed E-state index contributed by atoms with van der Waals surface area (Å²) in [6, 6.07) is 0. The van der Waals surface area contributed by atoms with E-state index in [2.05, 4.69) is 19.1 Å². The second-order valence-electron chi connectivity index (χ2n) is 4.12. The fourth-order valence-corrected chi connectivity index (χ4v) is 1.42. The number of carbonyl (C=O) groups excluding carboxylic acids is 1. The molecule has 0 bridgehead atoms. The topological polar surface area (TPSA) is 38.8 Å². The van der Waals surface area contributed by atoms with Gasteiger partial charge in [0.2, 0.25) is 0 Å². The van der Waals surface area contributed by atoms with Crippen LogP contribution in [0.25, 0.3) is 0 Å². The Bertz CT molecular complexity index is 219. The van der Waals surface area contributed by atoms with Crippen molar-refractivity contribution in [3.8, 4) is 0 Å². The number of unbranched alkanes of at least 4 members (excludes halogenated alkanes) is 3. The monoisotopic (exact) mass is 226 g/mol. The Balaban J connectivity index is 1.81. The molecule has 3 heteroatoms. The molecule has 0 spiro atoms. The lowest BCUT2D eigenvalue weighted by Gasteiger charge is -2.02. The molecule has 0 radical (unpaired) electrons. The number of hydrogen-bond donors (Lipinski definition) is 0. The Hall–Kier alpha value is -0.830. The zero-order valence-electron chi connectivity index (χ0n) is 10.1. The van der Waals surface area contributed by atoms with Crippen molar-refractivity contribution in [2.45, 2.75) is 51.6 Å². The maximum Gasteiger partial charge on any atom is 0.305 e. The minimum absolute atomic E-state index is 0.0837. The summed E-state index contributed by atoms with van der Waals surface area (Å²) in [5.41, 5.74) is 0. The van der Waals surface area contributed by atoms with Gasteiger partial charge in [-0.15, -0.1) is 0 Å². The van der Waals surface area contributed by atoms with E-state index in [0.717, 1.165) is 38.7 Å². The third-order valence-electron chi connectivity index (χ3n) is 2.49. The first kappa shape index (κ1) is 13.2. The quantitative estimate of drug-likeness (QED) is 0.263. The SMILES string of the molecule is CC/C=C/CCCCCC(=O)OCC1CO1. The molecule has 1 atom stereocenters. The third-order valence-corrected chi connectivity index (χ3v) is 2.49. The zero-order valence-corrected chi connectivity index (χ0v) is 10.1. The fraction of sp³-hybridized carbons (Fsp3) is 0.769. The number of esters is 1. The van der Waals surface area contributed by atoms with Crippen LogP contribution in [0.1, 0.15) is 45.4 Å². The maximum atomic E-state index is 11.2. The molecule has 92 valence electrons. The van der Waals surface area contributed by atoms with E-state index in [0.29, 0.717) is 13.0 Å². The van der Waals surface area contributed by atoms with Crippen LogP contribution in [0.15, 0.2) is 12.2 Å². The van der Waals surface area contributed by atoms with Crippen LogP contribution < -0.4 is 0 Å². The van der Waals surface area contributed by atoms with Crippen molar-refractivity contribution in [2.24, 2.45) is 0 Å². The molecule has 1 unspecified atom stereocenters. The van der Waals surface area contributed by atoms with Crippen LogP contribution >= 0.6 is 0 Å². The average Bonchev–Trinajstić information content (AvgIpc) is 3.09. The van der Waals surface area contributed by atoms with E-state index in [-0.39, 0.29) is 12.1 Å². The largest absolute Gasteiger partial charge is 0.463 e. The second-order valence-corrected chi connectivity index (χ2v) is 4.12. The minimum atomic E-state index is -0.0837. The normalized spacial score (nSPS) is 18.9. The first-order valence-corrected chi connectivity index (χ1v) is 6.25. The Morgan fingerprint density at radius 2 is 2.19 bits per heavy atom. The van der Waals surface area contributed by atoms with E-state index >= 15 is 0 Å². The van der Waals surface area contributed by atoms with Crippen molar-refractivity contribution >= 4 is 5.97 Å². The van der Waals surface area contributed by atoms with Crippen LogP contribution in [0.5, 0.6) is 0 Å². The summed E-state index contributed by atoms with van der Waals surface area (Å²) in [5.74, 6) is -0.0837. The molecule has 0 N–H and O–H groups in total. The van der Waals surface area contributed by atoms with Crippen LogP contribution in [0.2, 0.25) is 0 Å². The van der Waals surface area contributed by atoms with Crippen molar-refractivity contribution < 1.29 is 14.3 Å². The van der Waals surface area contributed by atoms with Gasteiger partial charge in [0, 0.05) is 6.42 Å². The molecule has 3 nitrogen and oxygen atoms in total. The number of hydrogen-bond acceptors (Lipinski definition) is 3. The number of allylic oxidation sites excluding steroid dienone is 2. The lowest BCUT2D eigenvalue weighted by atomic mass is 10.1. The summed E-state index contributed by atoms with van der Waals surface area (Å²) < 4.78 is 9.99. The van der Waals surface area contributed by atoms with E-state index in [4.69, 9.17) is 9.47 Å². The number of rotatable bonds is 9. The Morgan fingerprint density at radius 3 is 2.88 bits per heavy atom. The number of carbonyl (C=O) groups is 1. The molecule has 1 aliphatic rings. The van der Waals surface area contributed by atoms with Crippen LogP contribution in [0, 0.1) is 0 Å². The van der Waals surface area contributed by atoms with E-state index < -0.39 is 0 Å². The molecule has 1 fully saturated rings. The fourth-order valence-electron chi connectivity index (χ4n) is 1.42. The first-order chi connectivity index (χ1) is 7.83. The molecule has 0 saturated carbocycles. The second kappa shape index (κ2) is 8.34. The Kier molecular flexibility index (Phi) is 6.90. The summed E-state index contributed by atoms with van der Waals surface area (Å²) in [6.07, 6.45) is 10.6. The predicted octanol–water partition coefficient (Wildman–Crippen LogP) is 2.85. The standard InChI is InChI=1S/C13H22O3/c1-2-3-4-5-6-7-8-9-13(14)16-11-12-10-15-12/h3-4,12H,2,5-11H2,1H3/b4-3+. The van der Waals surface area contributed by atoms with E-state index in [1.807, 2.05) is 0 Å². The van der Waals surface area contributed by atoms with Crippen molar-refractivity contribution in [3.63, 3.8) is 0 Å². The van der Waals surface area contributed by atoms with Gasteiger partial charge in [0.05, 0.1) is 6.61 Å². The summed E-state index contributed by atoms with van der Waals surface area (Å²) in [5, 5.41) is 0. The van der Waals surface area contributed by atoms with Gasteiger partial charge < -0.3 is 9.47 Å². The molecule has 1 rings (SSSR count). The summed E-state index contributed by atoms with van der Waals surface area (Å²) >= 11 is 0.